The first-order chi connectivity index (χ1) is 19.8. The van der Waals surface area contributed by atoms with Crippen molar-refractivity contribution in [3.8, 4) is 0 Å². The minimum absolute atomic E-state index is 0.0788. The Kier molecular flexibility index (Phi) is 8.81. The maximum atomic E-state index is 13.6. The van der Waals surface area contributed by atoms with Crippen LogP contribution in [0.15, 0.2) is 72.9 Å². The van der Waals surface area contributed by atoms with Gasteiger partial charge in [-0.1, -0.05) is 65.7 Å². The van der Waals surface area contributed by atoms with Crippen LogP contribution >= 0.6 is 23.2 Å². The Bertz CT molecular complexity index is 1590. The van der Waals surface area contributed by atoms with Crippen molar-refractivity contribution in [1.82, 2.24) is 20.1 Å². The van der Waals surface area contributed by atoms with Crippen molar-refractivity contribution in [2.75, 3.05) is 19.6 Å². The van der Waals surface area contributed by atoms with E-state index in [9.17, 15) is 19.5 Å². The zero-order valence-electron chi connectivity index (χ0n) is 22.3. The summed E-state index contributed by atoms with van der Waals surface area (Å²) in [5.41, 5.74) is 4.06. The third-order valence-electron chi connectivity index (χ3n) is 7.32. The van der Waals surface area contributed by atoms with Gasteiger partial charge in [0.25, 0.3) is 5.91 Å². The number of nitrogens with zero attached hydrogens (tertiary/aromatic N) is 2. The van der Waals surface area contributed by atoms with E-state index in [0.717, 1.165) is 22.0 Å². The summed E-state index contributed by atoms with van der Waals surface area (Å²) in [4.78, 5) is 44.8. The molecule has 212 valence electrons. The number of aliphatic carboxylic acids is 1. The Morgan fingerprint density at radius 1 is 0.927 bits per heavy atom. The van der Waals surface area contributed by atoms with Crippen molar-refractivity contribution in [3.05, 3.63) is 105 Å². The number of nitrogens with one attached hydrogen (secondary N) is 2. The fourth-order valence-corrected chi connectivity index (χ4v) is 5.83. The Morgan fingerprint density at radius 2 is 1.63 bits per heavy atom. The molecule has 10 heteroatoms. The van der Waals surface area contributed by atoms with Crippen molar-refractivity contribution in [2.24, 2.45) is 5.92 Å². The van der Waals surface area contributed by atoms with Gasteiger partial charge in [0.15, 0.2) is 0 Å². The van der Waals surface area contributed by atoms with Crippen LogP contribution < -0.4 is 5.32 Å². The molecule has 1 saturated heterocycles. The number of carbonyl (C=O) groups is 3. The van der Waals surface area contributed by atoms with Gasteiger partial charge in [0.1, 0.15) is 0 Å². The number of benzene rings is 3. The molecule has 41 heavy (non-hydrogen) atoms. The summed E-state index contributed by atoms with van der Waals surface area (Å²) < 4.78 is 0. The van der Waals surface area contributed by atoms with Gasteiger partial charge in [0, 0.05) is 71.4 Å². The molecule has 1 aromatic heterocycles. The first-order valence-electron chi connectivity index (χ1n) is 13.4. The lowest BCUT2D eigenvalue weighted by atomic mass is 9.99. The molecule has 4 aromatic rings. The molecule has 5 rings (SSSR count). The van der Waals surface area contributed by atoms with Crippen LogP contribution in [0.1, 0.15) is 33.5 Å². The molecule has 3 aromatic carbocycles. The van der Waals surface area contributed by atoms with Crippen LogP contribution in [0.3, 0.4) is 0 Å². The summed E-state index contributed by atoms with van der Waals surface area (Å²) in [5.74, 6) is -1.44. The smallest absolute Gasteiger partial charge is 0.320 e. The van der Waals surface area contributed by atoms with E-state index in [4.69, 9.17) is 23.2 Å². The molecule has 2 heterocycles. The van der Waals surface area contributed by atoms with E-state index >= 15 is 0 Å². The zero-order valence-corrected chi connectivity index (χ0v) is 23.8. The summed E-state index contributed by atoms with van der Waals surface area (Å²) >= 11 is 12.4. The number of rotatable bonds is 10. The van der Waals surface area contributed by atoms with Crippen molar-refractivity contribution < 1.29 is 19.5 Å². The summed E-state index contributed by atoms with van der Waals surface area (Å²) in [6.07, 6.45) is 2.55. The monoisotopic (exact) mass is 592 g/mol. The molecule has 1 unspecified atom stereocenters. The average Bonchev–Trinajstić information content (AvgIpc) is 3.35. The number of H-pyrrole nitrogens is 1. The summed E-state index contributed by atoms with van der Waals surface area (Å²) in [6.45, 7) is 1.40. The first-order valence-corrected chi connectivity index (χ1v) is 14.1. The van der Waals surface area contributed by atoms with E-state index in [1.54, 1.807) is 40.1 Å². The van der Waals surface area contributed by atoms with Gasteiger partial charge in [-0.05, 0) is 47.4 Å². The van der Waals surface area contributed by atoms with Crippen molar-refractivity contribution in [3.63, 3.8) is 0 Å². The predicted molar refractivity (Wildman–Crippen MR) is 159 cm³/mol. The Balaban J connectivity index is 1.29. The van der Waals surface area contributed by atoms with Crippen LogP contribution in [0.25, 0.3) is 10.9 Å². The van der Waals surface area contributed by atoms with E-state index in [1.807, 2.05) is 36.5 Å². The van der Waals surface area contributed by atoms with Gasteiger partial charge in [-0.25, -0.2) is 4.79 Å². The number of aromatic amines is 1. The molecule has 1 aliphatic rings. The van der Waals surface area contributed by atoms with Gasteiger partial charge < -0.3 is 25.2 Å². The lowest BCUT2D eigenvalue weighted by molar-refractivity contribution is -0.138. The van der Waals surface area contributed by atoms with Crippen LogP contribution in [0.4, 0.5) is 4.79 Å². The second kappa shape index (κ2) is 12.7. The van der Waals surface area contributed by atoms with Crippen molar-refractivity contribution in [2.45, 2.75) is 25.9 Å². The standard InChI is InChI=1S/C31H30Cl2N4O4/c32-24-10-9-23(27(33)14-24)19-37-17-20(13-29(38)39)16-36(31(37)41)18-22-5-1-2-7-26(22)30(40)34-12-11-21-15-35-28-8-4-3-6-25(21)28/h1-10,14-15,20,35H,11-13,16-19H2,(H,34,40)(H,38,39). The number of para-hydroxylation sites is 1. The highest BCUT2D eigenvalue weighted by atomic mass is 35.5. The highest BCUT2D eigenvalue weighted by Crippen LogP contribution is 2.27. The van der Waals surface area contributed by atoms with Gasteiger partial charge in [-0.3, -0.25) is 9.59 Å². The van der Waals surface area contributed by atoms with Gasteiger partial charge in [-0.2, -0.15) is 0 Å². The third-order valence-corrected chi connectivity index (χ3v) is 7.90. The molecule has 0 aliphatic carbocycles. The first kappa shape index (κ1) is 28.5. The minimum Gasteiger partial charge on any atom is -0.481 e. The number of carboxylic acid groups (broad SMARTS) is 1. The molecular formula is C31H30Cl2N4O4. The average molecular weight is 594 g/mol. The van der Waals surface area contributed by atoms with Crippen LogP contribution in [-0.2, 0) is 24.3 Å². The lowest BCUT2D eigenvalue weighted by Gasteiger charge is -2.40. The number of amides is 3. The van der Waals surface area contributed by atoms with Crippen LogP contribution in [0.5, 0.6) is 0 Å². The molecule has 3 N–H and O–H groups in total. The molecule has 0 radical (unpaired) electrons. The largest absolute Gasteiger partial charge is 0.481 e. The van der Waals surface area contributed by atoms with Crippen LogP contribution in [0, 0.1) is 5.92 Å². The number of carbonyl (C=O) groups excluding carboxylic acids is 2. The number of hydrogen-bond acceptors (Lipinski definition) is 3. The van der Waals surface area contributed by atoms with Gasteiger partial charge in [-0.15, -0.1) is 0 Å². The number of halogens is 2. The van der Waals surface area contributed by atoms with E-state index in [1.165, 1.54) is 0 Å². The Morgan fingerprint density at radius 3 is 2.39 bits per heavy atom. The fraction of sp³-hybridized carbons (Fsp3) is 0.258. The molecule has 1 fully saturated rings. The summed E-state index contributed by atoms with van der Waals surface area (Å²) in [6, 6.07) is 20.1. The number of urea groups is 1. The fourth-order valence-electron chi connectivity index (χ4n) is 5.36. The topological polar surface area (TPSA) is 106 Å². The van der Waals surface area contributed by atoms with Crippen LogP contribution in [0.2, 0.25) is 10.0 Å². The van der Waals surface area contributed by atoms with E-state index in [-0.39, 0.29) is 50.5 Å². The molecular weight excluding hydrogens is 563 g/mol. The second-order valence-corrected chi connectivity index (χ2v) is 11.1. The zero-order chi connectivity index (χ0) is 28.9. The third kappa shape index (κ3) is 6.84. The number of fused-ring (bicyclic) bond motifs is 1. The SMILES string of the molecule is O=C(O)CC1CN(Cc2ccc(Cl)cc2Cl)C(=O)N(Cc2ccccc2C(=O)NCCc2c[nH]c3ccccc23)C1. The lowest BCUT2D eigenvalue weighted by Crippen LogP contribution is -2.53. The predicted octanol–water partition coefficient (Wildman–Crippen LogP) is 5.98. The molecule has 1 aliphatic heterocycles. The number of aromatic nitrogens is 1. The van der Waals surface area contributed by atoms with E-state index in [0.29, 0.717) is 34.1 Å². The second-order valence-electron chi connectivity index (χ2n) is 10.3. The maximum Gasteiger partial charge on any atom is 0.320 e. The van der Waals surface area contributed by atoms with Crippen molar-refractivity contribution in [1.29, 1.82) is 0 Å². The quantitative estimate of drug-likeness (QED) is 0.211. The summed E-state index contributed by atoms with van der Waals surface area (Å²) in [5, 5.41) is 14.5. The molecule has 0 spiro atoms. The van der Waals surface area contributed by atoms with Gasteiger partial charge in [0.2, 0.25) is 0 Å². The van der Waals surface area contributed by atoms with E-state index < -0.39 is 5.97 Å². The van der Waals surface area contributed by atoms with Crippen LogP contribution in [-0.4, -0.2) is 57.4 Å². The van der Waals surface area contributed by atoms with Crippen molar-refractivity contribution >= 4 is 52.0 Å². The molecule has 0 bridgehead atoms. The van der Waals surface area contributed by atoms with Gasteiger partial charge >= 0.3 is 12.0 Å². The summed E-state index contributed by atoms with van der Waals surface area (Å²) in [7, 11) is 0. The number of carboxylic acids is 1. The highest BCUT2D eigenvalue weighted by Gasteiger charge is 2.33. The minimum atomic E-state index is -0.927. The normalized spacial score (nSPS) is 15.4. The maximum absolute atomic E-state index is 13.6. The molecule has 3 amide bonds. The Hall–Kier alpha value is -4.01. The highest BCUT2D eigenvalue weighted by molar-refractivity contribution is 6.35. The Labute approximate surface area is 247 Å². The molecule has 8 nitrogen and oxygen atoms in total. The number of hydrogen-bond donors (Lipinski definition) is 3. The van der Waals surface area contributed by atoms with E-state index in [2.05, 4.69) is 16.4 Å². The molecule has 0 saturated carbocycles. The molecule has 1 atom stereocenters. The van der Waals surface area contributed by atoms with Gasteiger partial charge in [0.05, 0.1) is 6.42 Å².